The number of nitrogens with one attached hydrogen (secondary N) is 2. The smallest absolute Gasteiger partial charge is 0.241 e. The first-order valence-corrected chi connectivity index (χ1v) is 9.23. The van der Waals surface area contributed by atoms with Crippen molar-refractivity contribution in [2.75, 3.05) is 13.7 Å². The van der Waals surface area contributed by atoms with Gasteiger partial charge in [0.1, 0.15) is 11.8 Å². The summed E-state index contributed by atoms with van der Waals surface area (Å²) in [5.41, 5.74) is 9.95. The summed E-state index contributed by atoms with van der Waals surface area (Å²) in [6, 6.07) is 13.7. The Labute approximate surface area is 158 Å². The maximum atomic E-state index is 13.0. The Hall–Kier alpha value is -2.08. The van der Waals surface area contributed by atoms with Gasteiger partial charge in [0, 0.05) is 24.2 Å². The summed E-state index contributed by atoms with van der Waals surface area (Å²) in [7, 11) is 1.66. The summed E-state index contributed by atoms with van der Waals surface area (Å²) in [5, 5.41) is 0.709. The van der Waals surface area contributed by atoms with Crippen LogP contribution in [0.2, 0.25) is 5.02 Å². The van der Waals surface area contributed by atoms with Crippen molar-refractivity contribution in [2.24, 2.45) is 0 Å². The van der Waals surface area contributed by atoms with E-state index in [0.29, 0.717) is 18.0 Å². The molecule has 6 heteroatoms. The molecular formula is C20H22ClN3O2. The SMILES string of the molecule is COc1ccc2c(c1)CN(C(=O)C1CC(c3cccc(Cl)c3)NN1)CC2. The molecule has 4 rings (SSSR count). The number of carbonyl (C=O) groups is 1. The van der Waals surface area contributed by atoms with Gasteiger partial charge in [0.15, 0.2) is 0 Å². The number of hydrogen-bond donors (Lipinski definition) is 2. The van der Waals surface area contributed by atoms with Crippen molar-refractivity contribution >= 4 is 17.5 Å². The second kappa shape index (κ2) is 7.27. The largest absolute Gasteiger partial charge is 0.497 e. The predicted octanol–water partition coefficient (Wildman–Crippen LogP) is 2.84. The molecule has 0 aliphatic carbocycles. The van der Waals surface area contributed by atoms with Crippen molar-refractivity contribution in [3.05, 3.63) is 64.2 Å². The number of ether oxygens (including phenoxy) is 1. The lowest BCUT2D eigenvalue weighted by Crippen LogP contribution is -2.47. The maximum absolute atomic E-state index is 13.0. The summed E-state index contributed by atoms with van der Waals surface area (Å²) in [5.74, 6) is 0.968. The highest BCUT2D eigenvalue weighted by molar-refractivity contribution is 6.30. The van der Waals surface area contributed by atoms with Gasteiger partial charge in [0.2, 0.25) is 5.91 Å². The predicted molar refractivity (Wildman–Crippen MR) is 101 cm³/mol. The van der Waals surface area contributed by atoms with E-state index in [1.165, 1.54) is 11.1 Å². The molecule has 0 bridgehead atoms. The van der Waals surface area contributed by atoms with Crippen molar-refractivity contribution < 1.29 is 9.53 Å². The molecule has 2 heterocycles. The highest BCUT2D eigenvalue weighted by atomic mass is 35.5. The average molecular weight is 372 g/mol. The van der Waals surface area contributed by atoms with Crippen LogP contribution in [0.5, 0.6) is 5.75 Å². The van der Waals surface area contributed by atoms with E-state index in [9.17, 15) is 4.79 Å². The molecule has 0 spiro atoms. The molecule has 2 aliphatic rings. The van der Waals surface area contributed by atoms with E-state index in [4.69, 9.17) is 16.3 Å². The van der Waals surface area contributed by atoms with Gasteiger partial charge in [0.05, 0.1) is 7.11 Å². The second-order valence-electron chi connectivity index (χ2n) is 6.83. The summed E-state index contributed by atoms with van der Waals surface area (Å²) in [6.45, 7) is 1.38. The molecule has 2 atom stereocenters. The van der Waals surface area contributed by atoms with Crippen LogP contribution in [0, 0.1) is 0 Å². The summed E-state index contributed by atoms with van der Waals surface area (Å²) < 4.78 is 5.31. The third-order valence-corrected chi connectivity index (χ3v) is 5.42. The molecule has 5 nitrogen and oxygen atoms in total. The number of carbonyl (C=O) groups excluding carboxylic acids is 1. The number of hydrazine groups is 1. The number of hydrogen-bond acceptors (Lipinski definition) is 4. The fourth-order valence-electron chi connectivity index (χ4n) is 3.73. The molecule has 2 unspecified atom stereocenters. The van der Waals surface area contributed by atoms with E-state index in [2.05, 4.69) is 16.9 Å². The Bertz CT molecular complexity index is 826. The van der Waals surface area contributed by atoms with Gasteiger partial charge in [-0.05, 0) is 53.8 Å². The van der Waals surface area contributed by atoms with Gasteiger partial charge < -0.3 is 9.64 Å². The molecule has 1 saturated heterocycles. The zero-order chi connectivity index (χ0) is 18.1. The lowest BCUT2D eigenvalue weighted by Gasteiger charge is -2.31. The number of fused-ring (bicyclic) bond motifs is 1. The van der Waals surface area contributed by atoms with Crippen LogP contribution in [0.3, 0.4) is 0 Å². The first kappa shape index (κ1) is 17.3. The summed E-state index contributed by atoms with van der Waals surface area (Å²) in [6.07, 6.45) is 1.59. The van der Waals surface area contributed by atoms with Crippen molar-refractivity contribution in [1.29, 1.82) is 0 Å². The molecule has 0 aromatic heterocycles. The Morgan fingerprint density at radius 3 is 2.88 bits per heavy atom. The van der Waals surface area contributed by atoms with E-state index in [-0.39, 0.29) is 18.0 Å². The number of amides is 1. The molecule has 0 radical (unpaired) electrons. The van der Waals surface area contributed by atoms with Gasteiger partial charge in [-0.2, -0.15) is 0 Å². The highest BCUT2D eigenvalue weighted by Gasteiger charge is 2.34. The van der Waals surface area contributed by atoms with Crippen LogP contribution in [0.1, 0.15) is 29.2 Å². The highest BCUT2D eigenvalue weighted by Crippen LogP contribution is 2.28. The van der Waals surface area contributed by atoms with E-state index in [1.807, 2.05) is 41.3 Å². The van der Waals surface area contributed by atoms with E-state index in [1.54, 1.807) is 7.11 Å². The monoisotopic (exact) mass is 371 g/mol. The van der Waals surface area contributed by atoms with Gasteiger partial charge in [-0.25, -0.2) is 10.9 Å². The Kier molecular flexibility index (Phi) is 4.85. The fraction of sp³-hybridized carbons (Fsp3) is 0.350. The standard InChI is InChI=1S/C20H22ClN3O2/c1-26-17-6-5-13-7-8-24(12-15(13)10-17)20(25)19-11-18(22-23-19)14-3-2-4-16(21)9-14/h2-6,9-10,18-19,22-23H,7-8,11-12H2,1H3. The molecule has 2 aromatic carbocycles. The fourth-order valence-corrected chi connectivity index (χ4v) is 3.93. The number of rotatable bonds is 3. The number of methoxy groups -OCH3 is 1. The van der Waals surface area contributed by atoms with Gasteiger partial charge in [-0.15, -0.1) is 0 Å². The van der Waals surface area contributed by atoms with Crippen LogP contribution < -0.4 is 15.6 Å². The van der Waals surface area contributed by atoms with Crippen LogP contribution in [-0.2, 0) is 17.8 Å². The number of halogens is 1. The van der Waals surface area contributed by atoms with Crippen LogP contribution >= 0.6 is 11.6 Å². The Morgan fingerprint density at radius 1 is 1.19 bits per heavy atom. The molecule has 2 aromatic rings. The second-order valence-corrected chi connectivity index (χ2v) is 7.27. The molecule has 26 heavy (non-hydrogen) atoms. The third kappa shape index (κ3) is 3.43. The minimum absolute atomic E-state index is 0.0832. The molecule has 2 aliphatic heterocycles. The molecular weight excluding hydrogens is 350 g/mol. The first-order chi connectivity index (χ1) is 12.6. The number of benzene rings is 2. The lowest BCUT2D eigenvalue weighted by atomic mass is 9.97. The molecule has 136 valence electrons. The van der Waals surface area contributed by atoms with E-state index < -0.39 is 0 Å². The van der Waals surface area contributed by atoms with E-state index >= 15 is 0 Å². The van der Waals surface area contributed by atoms with Gasteiger partial charge in [0.25, 0.3) is 0 Å². The van der Waals surface area contributed by atoms with Crippen molar-refractivity contribution in [3.8, 4) is 5.75 Å². The summed E-state index contributed by atoms with van der Waals surface area (Å²) >= 11 is 6.08. The minimum atomic E-state index is -0.230. The summed E-state index contributed by atoms with van der Waals surface area (Å²) in [4.78, 5) is 14.9. The van der Waals surface area contributed by atoms with Crippen LogP contribution in [-0.4, -0.2) is 30.5 Å². The quantitative estimate of drug-likeness (QED) is 0.871. The van der Waals surface area contributed by atoms with Crippen molar-refractivity contribution in [1.82, 2.24) is 15.8 Å². The maximum Gasteiger partial charge on any atom is 0.241 e. The van der Waals surface area contributed by atoms with Crippen molar-refractivity contribution in [2.45, 2.75) is 31.5 Å². The zero-order valence-electron chi connectivity index (χ0n) is 14.7. The van der Waals surface area contributed by atoms with Gasteiger partial charge >= 0.3 is 0 Å². The van der Waals surface area contributed by atoms with Crippen LogP contribution in [0.4, 0.5) is 0 Å². The minimum Gasteiger partial charge on any atom is -0.497 e. The molecule has 0 saturated carbocycles. The third-order valence-electron chi connectivity index (χ3n) is 5.19. The Balaban J connectivity index is 1.44. The van der Waals surface area contributed by atoms with Crippen molar-refractivity contribution in [3.63, 3.8) is 0 Å². The van der Waals surface area contributed by atoms with E-state index in [0.717, 1.165) is 24.3 Å². The first-order valence-electron chi connectivity index (χ1n) is 8.85. The average Bonchev–Trinajstić information content (AvgIpc) is 3.16. The zero-order valence-corrected chi connectivity index (χ0v) is 15.4. The van der Waals surface area contributed by atoms with Gasteiger partial charge in [-0.3, -0.25) is 4.79 Å². The Morgan fingerprint density at radius 2 is 2.08 bits per heavy atom. The van der Waals surface area contributed by atoms with Gasteiger partial charge in [-0.1, -0.05) is 29.8 Å². The van der Waals surface area contributed by atoms with Crippen LogP contribution in [0.25, 0.3) is 0 Å². The molecule has 1 fully saturated rings. The number of nitrogens with zero attached hydrogens (tertiary/aromatic N) is 1. The lowest BCUT2D eigenvalue weighted by molar-refractivity contribution is -0.134. The molecule has 1 amide bonds. The normalized spacial score (nSPS) is 22.2. The molecule has 2 N–H and O–H groups in total. The topological polar surface area (TPSA) is 53.6 Å². The van der Waals surface area contributed by atoms with Crippen LogP contribution in [0.15, 0.2) is 42.5 Å².